The van der Waals surface area contributed by atoms with Gasteiger partial charge in [-0.2, -0.15) is 0 Å². The Morgan fingerprint density at radius 1 is 1.14 bits per heavy atom. The molecule has 3 rings (SSSR count). The van der Waals surface area contributed by atoms with Crippen molar-refractivity contribution in [1.29, 1.82) is 0 Å². The fourth-order valence-electron chi connectivity index (χ4n) is 3.11. The molecule has 2 aromatic heterocycles. The molecule has 2 heterocycles. The quantitative estimate of drug-likeness (QED) is 0.648. The molecular weight excluding hydrogens is 404 g/mol. The van der Waals surface area contributed by atoms with Gasteiger partial charge in [0.2, 0.25) is 5.91 Å². The Labute approximate surface area is 178 Å². The predicted molar refractivity (Wildman–Crippen MR) is 118 cm³/mol. The molecule has 2 amide bonds. The molecular formula is C21H24N4O2S2. The molecule has 1 aromatic carbocycles. The van der Waals surface area contributed by atoms with Crippen LogP contribution in [0.3, 0.4) is 0 Å². The number of hydrogen-bond acceptors (Lipinski definition) is 6. The maximum absolute atomic E-state index is 13.5. The van der Waals surface area contributed by atoms with Crippen LogP contribution in [-0.2, 0) is 4.79 Å². The summed E-state index contributed by atoms with van der Waals surface area (Å²) in [5.41, 5.74) is 2.46. The summed E-state index contributed by atoms with van der Waals surface area (Å²) in [6.45, 7) is 9.70. The fourth-order valence-corrected chi connectivity index (χ4v) is 4.36. The number of hydrogen-bond donors (Lipinski definition) is 1. The third kappa shape index (κ3) is 5.07. The van der Waals surface area contributed by atoms with Crippen LogP contribution in [0.5, 0.6) is 0 Å². The number of carbonyl (C=O) groups excluding carboxylic acids is 2. The zero-order valence-electron chi connectivity index (χ0n) is 17.1. The number of anilines is 1. The summed E-state index contributed by atoms with van der Waals surface area (Å²) in [6, 6.07) is 8.80. The Morgan fingerprint density at radius 3 is 2.34 bits per heavy atom. The summed E-state index contributed by atoms with van der Waals surface area (Å²) in [5.74, 6) is -0.596. The SMILES string of the molecule is Cc1cc(C)cc(N(C(=O)c2csnn2)[C@@H](C(=O)NC(C)(C)C)c2cccs2)c1. The highest BCUT2D eigenvalue weighted by Gasteiger charge is 2.36. The summed E-state index contributed by atoms with van der Waals surface area (Å²) < 4.78 is 3.83. The molecule has 3 aromatic rings. The molecule has 6 nitrogen and oxygen atoms in total. The van der Waals surface area contributed by atoms with Gasteiger partial charge >= 0.3 is 0 Å². The number of thiophene rings is 1. The lowest BCUT2D eigenvalue weighted by atomic mass is 10.0. The van der Waals surface area contributed by atoms with Gasteiger partial charge in [0, 0.05) is 21.5 Å². The molecule has 1 atom stereocenters. The van der Waals surface area contributed by atoms with Gasteiger partial charge in [-0.25, -0.2) is 0 Å². The van der Waals surface area contributed by atoms with Gasteiger partial charge in [-0.1, -0.05) is 16.6 Å². The molecule has 1 N–H and O–H groups in total. The Morgan fingerprint density at radius 2 is 1.83 bits per heavy atom. The molecule has 29 heavy (non-hydrogen) atoms. The van der Waals surface area contributed by atoms with Crippen molar-refractivity contribution >= 4 is 40.4 Å². The van der Waals surface area contributed by atoms with Crippen LogP contribution in [0, 0.1) is 13.8 Å². The number of carbonyl (C=O) groups is 2. The van der Waals surface area contributed by atoms with E-state index in [-0.39, 0.29) is 17.5 Å². The Kier molecular flexibility index (Phi) is 6.14. The number of amides is 2. The van der Waals surface area contributed by atoms with E-state index in [1.54, 1.807) is 5.38 Å². The van der Waals surface area contributed by atoms with Crippen LogP contribution in [0.2, 0.25) is 0 Å². The van der Waals surface area contributed by atoms with Crippen molar-refractivity contribution in [2.75, 3.05) is 4.90 Å². The van der Waals surface area contributed by atoms with Crippen LogP contribution in [0.4, 0.5) is 5.69 Å². The summed E-state index contributed by atoms with van der Waals surface area (Å²) in [5, 5.41) is 10.5. The highest BCUT2D eigenvalue weighted by molar-refractivity contribution is 7.10. The van der Waals surface area contributed by atoms with Gasteiger partial charge in [-0.15, -0.1) is 16.4 Å². The lowest BCUT2D eigenvalue weighted by Crippen LogP contribution is -2.49. The Balaban J connectivity index is 2.17. The topological polar surface area (TPSA) is 75.2 Å². The average molecular weight is 429 g/mol. The average Bonchev–Trinajstić information content (AvgIpc) is 3.29. The molecule has 0 saturated heterocycles. The van der Waals surface area contributed by atoms with Gasteiger partial charge in [0.25, 0.3) is 5.91 Å². The molecule has 0 saturated carbocycles. The maximum atomic E-state index is 13.5. The van der Waals surface area contributed by atoms with E-state index >= 15 is 0 Å². The number of aryl methyl sites for hydroxylation is 2. The number of rotatable bonds is 5. The van der Waals surface area contributed by atoms with Gasteiger partial charge in [0.1, 0.15) is 0 Å². The molecule has 0 aliphatic carbocycles. The monoisotopic (exact) mass is 428 g/mol. The lowest BCUT2D eigenvalue weighted by molar-refractivity contribution is -0.123. The van der Waals surface area contributed by atoms with Crippen LogP contribution < -0.4 is 10.2 Å². The van der Waals surface area contributed by atoms with E-state index in [0.29, 0.717) is 5.69 Å². The van der Waals surface area contributed by atoms with E-state index in [1.807, 2.05) is 70.3 Å². The minimum atomic E-state index is -0.815. The zero-order valence-corrected chi connectivity index (χ0v) is 18.7. The normalized spacial score (nSPS) is 12.4. The summed E-state index contributed by atoms with van der Waals surface area (Å²) in [6.07, 6.45) is 0. The summed E-state index contributed by atoms with van der Waals surface area (Å²) >= 11 is 2.55. The highest BCUT2D eigenvalue weighted by atomic mass is 32.1. The summed E-state index contributed by atoms with van der Waals surface area (Å²) in [7, 11) is 0. The van der Waals surface area contributed by atoms with Crippen molar-refractivity contribution in [3.8, 4) is 0 Å². The third-order valence-electron chi connectivity index (χ3n) is 4.10. The van der Waals surface area contributed by atoms with E-state index in [0.717, 1.165) is 27.5 Å². The van der Waals surface area contributed by atoms with Crippen molar-refractivity contribution in [2.24, 2.45) is 0 Å². The largest absolute Gasteiger partial charge is 0.349 e. The number of aromatic nitrogens is 2. The smallest absolute Gasteiger partial charge is 0.280 e. The van der Waals surface area contributed by atoms with Crippen LogP contribution in [0.15, 0.2) is 41.1 Å². The van der Waals surface area contributed by atoms with Crippen molar-refractivity contribution in [3.05, 3.63) is 62.8 Å². The van der Waals surface area contributed by atoms with E-state index in [1.165, 1.54) is 16.2 Å². The van der Waals surface area contributed by atoms with Crippen molar-refractivity contribution < 1.29 is 9.59 Å². The maximum Gasteiger partial charge on any atom is 0.280 e. The molecule has 0 unspecified atom stereocenters. The van der Waals surface area contributed by atoms with Crippen LogP contribution >= 0.6 is 22.9 Å². The molecule has 0 aliphatic rings. The van der Waals surface area contributed by atoms with Crippen LogP contribution in [0.1, 0.15) is 53.3 Å². The van der Waals surface area contributed by atoms with Crippen molar-refractivity contribution in [2.45, 2.75) is 46.2 Å². The van der Waals surface area contributed by atoms with Crippen molar-refractivity contribution in [1.82, 2.24) is 14.9 Å². The van der Waals surface area contributed by atoms with E-state index in [9.17, 15) is 9.59 Å². The summed E-state index contributed by atoms with van der Waals surface area (Å²) in [4.78, 5) is 29.2. The zero-order chi connectivity index (χ0) is 21.2. The van der Waals surface area contributed by atoms with Gasteiger partial charge in [0.05, 0.1) is 0 Å². The molecule has 8 heteroatoms. The second kappa shape index (κ2) is 8.42. The molecule has 0 radical (unpaired) electrons. The van der Waals surface area contributed by atoms with Gasteiger partial charge in [-0.05, 0) is 80.9 Å². The minimum absolute atomic E-state index is 0.222. The highest BCUT2D eigenvalue weighted by Crippen LogP contribution is 2.33. The van der Waals surface area contributed by atoms with Crippen molar-refractivity contribution in [3.63, 3.8) is 0 Å². The molecule has 0 fully saturated rings. The van der Waals surface area contributed by atoms with Gasteiger partial charge in [-0.3, -0.25) is 14.5 Å². The number of nitrogens with one attached hydrogen (secondary N) is 1. The molecule has 0 spiro atoms. The second-order valence-electron chi connectivity index (χ2n) is 7.97. The number of nitrogens with zero attached hydrogens (tertiary/aromatic N) is 3. The van der Waals surface area contributed by atoms with E-state index in [4.69, 9.17) is 0 Å². The first-order valence-corrected chi connectivity index (χ1v) is 10.9. The lowest BCUT2D eigenvalue weighted by Gasteiger charge is -2.33. The Bertz CT molecular complexity index is 972. The number of benzene rings is 1. The molecule has 0 aliphatic heterocycles. The third-order valence-corrected chi connectivity index (χ3v) is 5.53. The predicted octanol–water partition coefficient (Wildman–Crippen LogP) is 4.52. The van der Waals surface area contributed by atoms with Gasteiger partial charge < -0.3 is 5.32 Å². The van der Waals surface area contributed by atoms with E-state index < -0.39 is 11.6 Å². The Hall–Kier alpha value is -2.58. The van der Waals surface area contributed by atoms with E-state index in [2.05, 4.69) is 14.9 Å². The first kappa shape index (κ1) is 21.1. The van der Waals surface area contributed by atoms with Crippen LogP contribution in [-0.4, -0.2) is 26.9 Å². The van der Waals surface area contributed by atoms with Crippen LogP contribution in [0.25, 0.3) is 0 Å². The standard InChI is InChI=1S/C21H24N4O2S2/c1-13-9-14(2)11-15(10-13)25(20(27)16-12-29-24-23-16)18(17-7-6-8-28-17)19(26)22-21(3,4)5/h6-12,18H,1-5H3,(H,22,26)/t18-/m1/s1. The second-order valence-corrected chi connectivity index (χ2v) is 9.56. The fraction of sp³-hybridized carbons (Fsp3) is 0.333. The minimum Gasteiger partial charge on any atom is -0.349 e. The molecule has 152 valence electrons. The van der Waals surface area contributed by atoms with Gasteiger partial charge in [0.15, 0.2) is 11.7 Å². The first-order chi connectivity index (χ1) is 13.7. The molecule has 0 bridgehead atoms. The first-order valence-electron chi connectivity index (χ1n) is 9.20.